The molecule has 0 aliphatic heterocycles. The molecule has 0 bridgehead atoms. The monoisotopic (exact) mass is 370 g/mol. The Bertz CT molecular complexity index is 204. The van der Waals surface area contributed by atoms with Gasteiger partial charge in [0.1, 0.15) is 0 Å². The Morgan fingerprint density at radius 3 is 1.29 bits per heavy atom. The molecule has 0 amide bonds. The van der Waals surface area contributed by atoms with Crippen LogP contribution in [0.4, 0.5) is 4.70 Å². The van der Waals surface area contributed by atoms with E-state index in [0.717, 1.165) is 6.04 Å². The summed E-state index contributed by atoms with van der Waals surface area (Å²) in [5.74, 6) is 0. The number of unbranched alkanes of at least 4 members (excludes halogenated alkanes) is 7. The summed E-state index contributed by atoms with van der Waals surface area (Å²) < 4.78 is 17.6. The van der Waals surface area contributed by atoms with Crippen molar-refractivity contribution >= 4 is 8.80 Å². The third-order valence-corrected chi connectivity index (χ3v) is 6.58. The third kappa shape index (κ3) is 18.3. The molecule has 0 aliphatic rings. The molecule has 0 rings (SSSR count). The van der Waals surface area contributed by atoms with Gasteiger partial charge in [0.2, 0.25) is 0 Å². The summed E-state index contributed by atoms with van der Waals surface area (Å²) >= 11 is 0. The van der Waals surface area contributed by atoms with E-state index in [2.05, 4.69) is 6.92 Å². The topological polar surface area (TPSA) is 47.9 Å². The molecular weight excluding hydrogens is 327 g/mol. The summed E-state index contributed by atoms with van der Waals surface area (Å²) in [7, 11) is -2.38. The van der Waals surface area contributed by atoms with E-state index in [1.807, 2.05) is 20.8 Å². The molecule has 0 aromatic rings. The van der Waals surface area contributed by atoms with Crippen LogP contribution in [0.15, 0.2) is 0 Å². The van der Waals surface area contributed by atoms with E-state index in [9.17, 15) is 0 Å². The van der Waals surface area contributed by atoms with Gasteiger partial charge >= 0.3 is 8.80 Å². The molecule has 0 saturated heterocycles. The van der Waals surface area contributed by atoms with Crippen LogP contribution < -0.4 is 0 Å². The fourth-order valence-electron chi connectivity index (χ4n) is 2.48. The second-order valence-corrected chi connectivity index (χ2v) is 8.26. The normalized spacial score (nSPS) is 10.8. The number of rotatable bonds is 15. The molecule has 150 valence electrons. The van der Waals surface area contributed by atoms with Crippen molar-refractivity contribution < 1.29 is 23.1 Å². The van der Waals surface area contributed by atoms with Gasteiger partial charge in [0, 0.05) is 32.5 Å². The molecule has 0 aromatic carbocycles. The van der Waals surface area contributed by atoms with Crippen LogP contribution in [0.2, 0.25) is 6.04 Å². The van der Waals surface area contributed by atoms with E-state index >= 15 is 0 Å². The average Bonchev–Trinajstić information content (AvgIpc) is 2.51. The summed E-state index contributed by atoms with van der Waals surface area (Å²) in [4.78, 5) is 0. The van der Waals surface area contributed by atoms with Crippen LogP contribution >= 0.6 is 0 Å². The molecule has 0 fully saturated rings. The van der Waals surface area contributed by atoms with E-state index in [-0.39, 0.29) is 11.3 Å². The first kappa shape index (κ1) is 28.8. The SMILES string of the molecule is CCCCCCCCCC[Si](OCC)(OCC)OCC.CCO.F. The number of aliphatic hydroxyl groups excluding tert-OH is 1. The standard InChI is InChI=1S/C16H36O3Si.C2H6O.FH/c1-5-9-10-11-12-13-14-15-16-20(17-6-2,18-7-3)19-8-4;1-2-3;/h5-16H2,1-4H3;3H,2H2,1H3;1H. The minimum absolute atomic E-state index is 0. The largest absolute Gasteiger partial charge is 0.500 e. The van der Waals surface area contributed by atoms with Gasteiger partial charge in [-0.05, 0) is 34.1 Å². The summed E-state index contributed by atoms with van der Waals surface area (Å²) in [6.45, 7) is 12.3. The molecule has 0 atom stereocenters. The fourth-order valence-corrected chi connectivity index (χ4v) is 5.16. The second-order valence-electron chi connectivity index (χ2n) is 5.52. The minimum Gasteiger partial charge on any atom is -0.397 e. The maximum atomic E-state index is 7.57. The Labute approximate surface area is 151 Å². The van der Waals surface area contributed by atoms with E-state index in [1.54, 1.807) is 6.92 Å². The number of aliphatic hydroxyl groups is 1. The highest BCUT2D eigenvalue weighted by molar-refractivity contribution is 6.60. The van der Waals surface area contributed by atoms with Crippen molar-refractivity contribution in [3.8, 4) is 0 Å². The Kier molecular flexibility index (Phi) is 27.6. The fraction of sp³-hybridized carbons (Fsp3) is 1.00. The Balaban J connectivity index is -0.00000102. The molecule has 0 heterocycles. The molecule has 0 saturated carbocycles. The lowest BCUT2D eigenvalue weighted by Gasteiger charge is -2.28. The Hall–Kier alpha value is -0.0131. The lowest BCUT2D eigenvalue weighted by atomic mass is 10.1. The Morgan fingerprint density at radius 1 is 0.625 bits per heavy atom. The van der Waals surface area contributed by atoms with Gasteiger partial charge in [-0.15, -0.1) is 0 Å². The Morgan fingerprint density at radius 2 is 0.958 bits per heavy atom. The molecule has 1 N–H and O–H groups in total. The van der Waals surface area contributed by atoms with Gasteiger partial charge in [-0.25, -0.2) is 0 Å². The van der Waals surface area contributed by atoms with E-state index in [4.69, 9.17) is 18.4 Å². The van der Waals surface area contributed by atoms with Crippen LogP contribution in [0.3, 0.4) is 0 Å². The molecule has 24 heavy (non-hydrogen) atoms. The molecule has 0 radical (unpaired) electrons. The quantitative estimate of drug-likeness (QED) is 0.313. The van der Waals surface area contributed by atoms with Crippen LogP contribution in [-0.2, 0) is 13.3 Å². The molecule has 0 unspecified atom stereocenters. The molecule has 4 nitrogen and oxygen atoms in total. The van der Waals surface area contributed by atoms with Crippen LogP contribution in [0.5, 0.6) is 0 Å². The van der Waals surface area contributed by atoms with Crippen molar-refractivity contribution in [2.45, 2.75) is 92.0 Å². The lowest BCUT2D eigenvalue weighted by molar-refractivity contribution is 0.0706. The predicted molar refractivity (Wildman–Crippen MR) is 103 cm³/mol. The van der Waals surface area contributed by atoms with Gasteiger partial charge in [0.05, 0.1) is 0 Å². The van der Waals surface area contributed by atoms with Crippen molar-refractivity contribution in [1.29, 1.82) is 0 Å². The van der Waals surface area contributed by atoms with E-state index in [1.165, 1.54) is 51.4 Å². The maximum absolute atomic E-state index is 7.57. The van der Waals surface area contributed by atoms with Crippen molar-refractivity contribution in [3.05, 3.63) is 0 Å². The van der Waals surface area contributed by atoms with Gasteiger partial charge in [0.15, 0.2) is 0 Å². The summed E-state index contributed by atoms with van der Waals surface area (Å²) in [6.07, 6.45) is 10.6. The lowest BCUT2D eigenvalue weighted by Crippen LogP contribution is -2.45. The first-order valence-electron chi connectivity index (χ1n) is 9.68. The highest BCUT2D eigenvalue weighted by Crippen LogP contribution is 2.20. The van der Waals surface area contributed by atoms with E-state index in [0.29, 0.717) is 19.8 Å². The molecular formula is C18H43FO4Si. The minimum atomic E-state index is -2.38. The highest BCUT2D eigenvalue weighted by Gasteiger charge is 2.39. The number of hydrogen-bond donors (Lipinski definition) is 1. The second kappa shape index (κ2) is 23.0. The first-order valence-corrected chi connectivity index (χ1v) is 11.6. The predicted octanol–water partition coefficient (Wildman–Crippen LogP) is 5.33. The van der Waals surface area contributed by atoms with Crippen LogP contribution in [-0.4, -0.2) is 40.3 Å². The number of halogens is 1. The van der Waals surface area contributed by atoms with E-state index < -0.39 is 8.80 Å². The summed E-state index contributed by atoms with van der Waals surface area (Å²) in [6, 6.07) is 0.970. The van der Waals surface area contributed by atoms with Gasteiger partial charge in [-0.2, -0.15) is 0 Å². The number of hydrogen-bond acceptors (Lipinski definition) is 4. The van der Waals surface area contributed by atoms with Crippen LogP contribution in [0.1, 0.15) is 86.0 Å². The third-order valence-electron chi connectivity index (χ3n) is 3.43. The van der Waals surface area contributed by atoms with Gasteiger partial charge < -0.3 is 18.4 Å². The van der Waals surface area contributed by atoms with Gasteiger partial charge in [-0.1, -0.05) is 51.9 Å². The van der Waals surface area contributed by atoms with Crippen molar-refractivity contribution in [2.24, 2.45) is 0 Å². The summed E-state index contributed by atoms with van der Waals surface area (Å²) in [5, 5.41) is 7.57. The van der Waals surface area contributed by atoms with Crippen molar-refractivity contribution in [3.63, 3.8) is 0 Å². The zero-order valence-electron chi connectivity index (χ0n) is 16.8. The zero-order chi connectivity index (χ0) is 17.8. The zero-order valence-corrected chi connectivity index (χ0v) is 17.8. The van der Waals surface area contributed by atoms with Gasteiger partial charge in [-0.3, -0.25) is 4.70 Å². The molecule has 0 aliphatic carbocycles. The average molecular weight is 371 g/mol. The highest BCUT2D eigenvalue weighted by atomic mass is 28.4. The van der Waals surface area contributed by atoms with Crippen LogP contribution in [0.25, 0.3) is 0 Å². The molecule has 6 heteroatoms. The smallest absolute Gasteiger partial charge is 0.397 e. The van der Waals surface area contributed by atoms with Crippen molar-refractivity contribution in [2.75, 3.05) is 26.4 Å². The maximum Gasteiger partial charge on any atom is 0.500 e. The summed E-state index contributed by atoms with van der Waals surface area (Å²) in [5.41, 5.74) is 0. The van der Waals surface area contributed by atoms with Gasteiger partial charge in [0.25, 0.3) is 0 Å². The van der Waals surface area contributed by atoms with Crippen LogP contribution in [0, 0.1) is 0 Å². The molecule has 0 aromatic heterocycles. The first-order chi connectivity index (χ1) is 11.2. The van der Waals surface area contributed by atoms with Crippen molar-refractivity contribution in [1.82, 2.24) is 0 Å². The molecule has 0 spiro atoms.